The van der Waals surface area contributed by atoms with Gasteiger partial charge in [-0.05, 0) is 33.6 Å². The average molecular weight is 509 g/mol. The number of hydrogen-bond acceptors (Lipinski definition) is 11. The van der Waals surface area contributed by atoms with E-state index in [2.05, 4.69) is 29.7 Å². The molecule has 0 unspecified atom stereocenters. The Bertz CT molecular complexity index is 771. The Kier molecular flexibility index (Phi) is 19.8. The molecule has 200 valence electrons. The SMILES string of the molecule is C=C(C)C(=O)OCC(CO)(COC(=O)C(=C)C)COC(=O)C(=C)C.O=C=NCCCCCCN=C=O. The molecule has 0 aromatic rings. The average Bonchev–Trinajstić information content (AvgIpc) is 2.85. The highest BCUT2D eigenvalue weighted by molar-refractivity contribution is 5.88. The highest BCUT2D eigenvalue weighted by atomic mass is 16.6. The van der Waals surface area contributed by atoms with Gasteiger partial charge in [-0.25, -0.2) is 34.0 Å². The molecule has 0 aromatic heterocycles. The van der Waals surface area contributed by atoms with Gasteiger partial charge in [-0.3, -0.25) is 0 Å². The van der Waals surface area contributed by atoms with Gasteiger partial charge in [0.05, 0.1) is 25.1 Å². The molecule has 36 heavy (non-hydrogen) atoms. The van der Waals surface area contributed by atoms with E-state index in [-0.39, 0.29) is 36.5 Å². The first-order valence-corrected chi connectivity index (χ1v) is 11.1. The van der Waals surface area contributed by atoms with Gasteiger partial charge in [0.25, 0.3) is 0 Å². The summed E-state index contributed by atoms with van der Waals surface area (Å²) in [6.07, 6.45) is 6.80. The van der Waals surface area contributed by atoms with E-state index in [4.69, 9.17) is 14.2 Å². The summed E-state index contributed by atoms with van der Waals surface area (Å²) in [4.78, 5) is 60.7. The van der Waals surface area contributed by atoms with Crippen molar-refractivity contribution in [1.82, 2.24) is 0 Å². The van der Waals surface area contributed by atoms with Crippen molar-refractivity contribution in [3.05, 3.63) is 36.5 Å². The van der Waals surface area contributed by atoms with Gasteiger partial charge < -0.3 is 19.3 Å². The lowest BCUT2D eigenvalue weighted by Gasteiger charge is -2.30. The third-order valence-corrected chi connectivity index (χ3v) is 4.33. The minimum atomic E-state index is -1.30. The maximum absolute atomic E-state index is 11.6. The molecular weight excluding hydrogens is 472 g/mol. The highest BCUT2D eigenvalue weighted by Gasteiger charge is 2.35. The molecule has 0 rings (SSSR count). The van der Waals surface area contributed by atoms with Crippen LogP contribution in [-0.4, -0.2) is 74.7 Å². The fraction of sp³-hybridized carbons (Fsp3) is 0.560. The highest BCUT2D eigenvalue weighted by Crippen LogP contribution is 2.21. The van der Waals surface area contributed by atoms with E-state index in [1.54, 1.807) is 0 Å². The molecule has 0 saturated heterocycles. The first-order valence-electron chi connectivity index (χ1n) is 11.1. The Labute approximate surface area is 211 Å². The summed E-state index contributed by atoms with van der Waals surface area (Å²) in [5.41, 5.74) is -0.805. The lowest BCUT2D eigenvalue weighted by molar-refractivity contribution is -0.160. The molecule has 0 amide bonds. The van der Waals surface area contributed by atoms with E-state index >= 15 is 0 Å². The molecule has 0 saturated carbocycles. The number of hydrogen-bond donors (Lipinski definition) is 1. The molecular formula is C25H36N2O9. The van der Waals surface area contributed by atoms with Gasteiger partial charge in [0, 0.05) is 16.7 Å². The van der Waals surface area contributed by atoms with Crippen LogP contribution in [0.15, 0.2) is 46.4 Å². The molecule has 0 bridgehead atoms. The van der Waals surface area contributed by atoms with Gasteiger partial charge in [0.1, 0.15) is 19.8 Å². The standard InChI is InChI=1S/C17H24O7.C8H12N2O2/c1-11(2)14(19)22-8-17(7-18,9-23-15(20)12(3)4)10-24-16(21)13(5)6;11-7-9-5-3-1-2-4-6-10-8-12/h18H,1,3,5,7-10H2,2,4,6H3;1-6H2. The van der Waals surface area contributed by atoms with Crippen LogP contribution in [0.3, 0.4) is 0 Å². The van der Waals surface area contributed by atoms with Crippen LogP contribution in [0.25, 0.3) is 0 Å². The minimum Gasteiger partial charge on any atom is -0.461 e. The number of unbranched alkanes of at least 4 members (excludes halogenated alkanes) is 3. The molecule has 0 spiro atoms. The zero-order valence-electron chi connectivity index (χ0n) is 21.3. The van der Waals surface area contributed by atoms with E-state index in [9.17, 15) is 29.1 Å². The largest absolute Gasteiger partial charge is 0.461 e. The van der Waals surface area contributed by atoms with E-state index in [0.29, 0.717) is 13.1 Å². The maximum Gasteiger partial charge on any atom is 0.333 e. The smallest absolute Gasteiger partial charge is 0.333 e. The van der Waals surface area contributed by atoms with Crippen molar-refractivity contribution in [3.63, 3.8) is 0 Å². The lowest BCUT2D eigenvalue weighted by Crippen LogP contribution is -2.42. The number of isocyanates is 2. The fourth-order valence-corrected chi connectivity index (χ4v) is 2.11. The summed E-state index contributed by atoms with van der Waals surface area (Å²) >= 11 is 0. The molecule has 11 nitrogen and oxygen atoms in total. The van der Waals surface area contributed by atoms with E-state index < -0.39 is 29.9 Å². The quantitative estimate of drug-likeness (QED) is 0.0778. The fourth-order valence-electron chi connectivity index (χ4n) is 2.11. The summed E-state index contributed by atoms with van der Waals surface area (Å²) in [6, 6.07) is 0. The number of nitrogens with zero attached hydrogens (tertiary/aromatic N) is 2. The molecule has 0 aliphatic heterocycles. The molecule has 0 aliphatic carbocycles. The van der Waals surface area contributed by atoms with Crippen LogP contribution in [0.1, 0.15) is 46.5 Å². The number of carbonyl (C=O) groups excluding carboxylic acids is 5. The molecule has 0 aromatic carbocycles. The molecule has 0 heterocycles. The first-order chi connectivity index (χ1) is 17.0. The monoisotopic (exact) mass is 508 g/mol. The number of aliphatic imine (C=N–C) groups is 2. The predicted octanol–water partition coefficient (Wildman–Crippen LogP) is 2.54. The van der Waals surface area contributed by atoms with E-state index in [0.717, 1.165) is 25.7 Å². The van der Waals surface area contributed by atoms with Gasteiger partial charge in [-0.2, -0.15) is 0 Å². The number of aliphatic hydroxyl groups is 1. The molecule has 11 heteroatoms. The zero-order chi connectivity index (χ0) is 28.0. The topological polar surface area (TPSA) is 158 Å². The second-order valence-corrected chi connectivity index (χ2v) is 8.09. The van der Waals surface area contributed by atoms with Crippen molar-refractivity contribution >= 4 is 30.1 Å². The van der Waals surface area contributed by atoms with Crippen LogP contribution in [-0.2, 0) is 38.2 Å². The van der Waals surface area contributed by atoms with Gasteiger partial charge >= 0.3 is 17.9 Å². The molecule has 0 aliphatic rings. The molecule has 0 radical (unpaired) electrons. The molecule has 0 fully saturated rings. The van der Waals surface area contributed by atoms with Gasteiger partial charge in [-0.15, -0.1) is 0 Å². The third-order valence-electron chi connectivity index (χ3n) is 4.33. The van der Waals surface area contributed by atoms with Crippen molar-refractivity contribution in [2.75, 3.05) is 39.5 Å². The second-order valence-electron chi connectivity index (χ2n) is 8.09. The third kappa shape index (κ3) is 17.8. The van der Waals surface area contributed by atoms with Gasteiger partial charge in [0.2, 0.25) is 12.2 Å². The number of rotatable bonds is 17. The summed E-state index contributed by atoms with van der Waals surface area (Å²) in [5.74, 6) is -2.03. The van der Waals surface area contributed by atoms with Crippen LogP contribution in [0.5, 0.6) is 0 Å². The molecule has 0 atom stereocenters. The van der Waals surface area contributed by atoms with Crippen LogP contribution < -0.4 is 0 Å². The number of carbonyl (C=O) groups is 3. The van der Waals surface area contributed by atoms with Crippen LogP contribution in [0, 0.1) is 5.41 Å². The zero-order valence-corrected chi connectivity index (χ0v) is 21.3. The second kappa shape index (κ2) is 20.7. The van der Waals surface area contributed by atoms with E-state index in [1.165, 1.54) is 32.9 Å². The number of aliphatic hydroxyl groups excluding tert-OH is 1. The summed E-state index contributed by atoms with van der Waals surface area (Å²) in [6.45, 7) is 14.3. The Morgan fingerprint density at radius 2 is 1.00 bits per heavy atom. The van der Waals surface area contributed by atoms with Crippen molar-refractivity contribution in [1.29, 1.82) is 0 Å². The van der Waals surface area contributed by atoms with Crippen molar-refractivity contribution in [2.24, 2.45) is 15.4 Å². The lowest BCUT2D eigenvalue weighted by atomic mass is 9.92. The Morgan fingerprint density at radius 1 is 0.694 bits per heavy atom. The van der Waals surface area contributed by atoms with E-state index in [1.807, 2.05) is 0 Å². The Balaban J connectivity index is 0. The van der Waals surface area contributed by atoms with Crippen LogP contribution >= 0.6 is 0 Å². The number of ether oxygens (including phenoxy) is 3. The first kappa shape index (κ1) is 34.5. The Hall–Kier alpha value is -3.65. The summed E-state index contributed by atoms with van der Waals surface area (Å²) in [5, 5.41) is 9.69. The normalized spacial score (nSPS) is 9.78. The van der Waals surface area contributed by atoms with Crippen molar-refractivity contribution < 1.29 is 43.3 Å². The summed E-state index contributed by atoms with van der Waals surface area (Å²) in [7, 11) is 0. The minimum absolute atomic E-state index is 0.166. The number of esters is 3. The van der Waals surface area contributed by atoms with Crippen molar-refractivity contribution in [3.8, 4) is 0 Å². The summed E-state index contributed by atoms with van der Waals surface area (Å²) < 4.78 is 15.1. The van der Waals surface area contributed by atoms with Crippen LogP contribution in [0.2, 0.25) is 0 Å². The van der Waals surface area contributed by atoms with Gasteiger partial charge in [0.15, 0.2) is 0 Å². The maximum atomic E-state index is 11.6. The van der Waals surface area contributed by atoms with Gasteiger partial charge in [-0.1, -0.05) is 32.6 Å². The van der Waals surface area contributed by atoms with Crippen molar-refractivity contribution in [2.45, 2.75) is 46.5 Å². The predicted molar refractivity (Wildman–Crippen MR) is 131 cm³/mol. The molecule has 1 N–H and O–H groups in total. The Morgan fingerprint density at radius 3 is 1.22 bits per heavy atom. The van der Waals surface area contributed by atoms with Crippen LogP contribution in [0.4, 0.5) is 0 Å².